The van der Waals surface area contributed by atoms with Crippen molar-refractivity contribution in [1.82, 2.24) is 5.32 Å². The summed E-state index contributed by atoms with van der Waals surface area (Å²) in [6.07, 6.45) is 25.3. The molecule has 0 aromatic carbocycles. The molecule has 27 heavy (non-hydrogen) atoms. The summed E-state index contributed by atoms with van der Waals surface area (Å²) >= 11 is 0. The highest BCUT2D eigenvalue weighted by atomic mass is 31.1. The van der Waals surface area contributed by atoms with Crippen LogP contribution in [-0.4, -0.2) is 23.8 Å². The first kappa shape index (κ1) is 24.9. The van der Waals surface area contributed by atoms with Crippen LogP contribution in [0.15, 0.2) is 0 Å². The molecule has 2 atom stereocenters. The van der Waals surface area contributed by atoms with E-state index in [2.05, 4.69) is 19.2 Å². The van der Waals surface area contributed by atoms with Gasteiger partial charge in [-0.2, -0.15) is 0 Å². The van der Waals surface area contributed by atoms with Crippen LogP contribution in [0.2, 0.25) is 0 Å². The molecule has 1 aliphatic heterocycles. The van der Waals surface area contributed by atoms with E-state index in [0.29, 0.717) is 5.16 Å². The van der Waals surface area contributed by atoms with Crippen molar-refractivity contribution in [2.24, 2.45) is 0 Å². The Bertz CT molecular complexity index is 354. The molecular formula is C24H48NOP. The predicted octanol–water partition coefficient (Wildman–Crippen LogP) is 7.60. The Morgan fingerprint density at radius 1 is 0.778 bits per heavy atom. The highest BCUT2D eigenvalue weighted by molar-refractivity contribution is 7.49. The number of hydrogen-bond acceptors (Lipinski definition) is 1. The first-order chi connectivity index (χ1) is 13.2. The lowest BCUT2D eigenvalue weighted by Crippen LogP contribution is -2.24. The third-order valence-electron chi connectivity index (χ3n) is 6.02. The van der Waals surface area contributed by atoms with Crippen LogP contribution in [0.1, 0.15) is 129 Å². The van der Waals surface area contributed by atoms with E-state index in [-0.39, 0.29) is 5.91 Å². The van der Waals surface area contributed by atoms with Crippen LogP contribution in [0.25, 0.3) is 0 Å². The average molecular weight is 398 g/mol. The zero-order chi connectivity index (χ0) is 19.6. The normalized spacial score (nSPS) is 19.5. The zero-order valence-corrected chi connectivity index (χ0v) is 19.6. The minimum atomic E-state index is 0.271. The largest absolute Gasteiger partial charge is 0.356 e. The van der Waals surface area contributed by atoms with Crippen molar-refractivity contribution in [2.45, 2.75) is 135 Å². The van der Waals surface area contributed by atoms with Gasteiger partial charge in [0, 0.05) is 13.0 Å². The van der Waals surface area contributed by atoms with Crippen LogP contribution in [0.4, 0.5) is 0 Å². The van der Waals surface area contributed by atoms with Crippen LogP contribution in [0.3, 0.4) is 0 Å². The van der Waals surface area contributed by atoms with Gasteiger partial charge in [-0.3, -0.25) is 4.79 Å². The molecule has 0 radical (unpaired) electrons. The van der Waals surface area contributed by atoms with Crippen molar-refractivity contribution in [3.63, 3.8) is 0 Å². The minimum Gasteiger partial charge on any atom is -0.356 e. The molecule has 1 heterocycles. The Labute approximate surface area is 172 Å². The Kier molecular flexibility index (Phi) is 15.5. The van der Waals surface area contributed by atoms with Gasteiger partial charge >= 0.3 is 0 Å². The predicted molar refractivity (Wildman–Crippen MR) is 123 cm³/mol. The third-order valence-corrected chi connectivity index (χ3v) is 7.83. The van der Waals surface area contributed by atoms with Gasteiger partial charge < -0.3 is 5.32 Å². The number of unbranched alkanes of at least 4 members (excludes halogenated alkanes) is 14. The highest BCUT2D eigenvalue weighted by Crippen LogP contribution is 2.54. The SMILES string of the molecule is CCCCCCCCCCCCCCCCCC(=O)NCCCC1(C)CP1. The maximum Gasteiger partial charge on any atom is 0.219 e. The Balaban J connectivity index is 1.69. The molecule has 0 spiro atoms. The van der Waals surface area contributed by atoms with Crippen molar-refractivity contribution >= 4 is 14.5 Å². The number of carbonyl (C=O) groups is 1. The van der Waals surface area contributed by atoms with E-state index >= 15 is 0 Å². The summed E-state index contributed by atoms with van der Waals surface area (Å²) < 4.78 is 0. The number of nitrogens with one attached hydrogen (secondary N) is 1. The van der Waals surface area contributed by atoms with Gasteiger partial charge in [-0.05, 0) is 30.6 Å². The first-order valence-electron chi connectivity index (χ1n) is 12.2. The fraction of sp³-hybridized carbons (Fsp3) is 0.958. The Hall–Kier alpha value is -0.100. The van der Waals surface area contributed by atoms with Gasteiger partial charge in [0.1, 0.15) is 0 Å². The van der Waals surface area contributed by atoms with E-state index in [1.165, 1.54) is 111 Å². The van der Waals surface area contributed by atoms with E-state index in [1.807, 2.05) is 0 Å². The molecule has 1 amide bonds. The molecule has 1 N–H and O–H groups in total. The first-order valence-corrected chi connectivity index (χ1v) is 13.4. The molecule has 0 aliphatic carbocycles. The standard InChI is InChI=1S/C24H48NOP/c1-3-4-5-6-7-8-9-10-11-12-13-14-15-16-17-19-23(26)25-21-18-20-24(2)22-27-24/h27H,3-22H2,1-2H3,(H,25,26). The van der Waals surface area contributed by atoms with E-state index in [9.17, 15) is 4.79 Å². The molecule has 0 bridgehead atoms. The lowest BCUT2D eigenvalue weighted by molar-refractivity contribution is -0.121. The Morgan fingerprint density at radius 2 is 1.22 bits per heavy atom. The lowest BCUT2D eigenvalue weighted by atomic mass is 10.0. The molecule has 0 aromatic rings. The van der Waals surface area contributed by atoms with Crippen molar-refractivity contribution in [3.05, 3.63) is 0 Å². The van der Waals surface area contributed by atoms with E-state index in [0.717, 1.165) is 25.8 Å². The summed E-state index contributed by atoms with van der Waals surface area (Å²) in [6.45, 7) is 5.55. The summed E-state index contributed by atoms with van der Waals surface area (Å²) in [4.78, 5) is 11.8. The molecule has 1 fully saturated rings. The maximum atomic E-state index is 11.8. The van der Waals surface area contributed by atoms with Crippen molar-refractivity contribution in [2.75, 3.05) is 12.7 Å². The summed E-state index contributed by atoms with van der Waals surface area (Å²) in [6, 6.07) is 0. The van der Waals surface area contributed by atoms with Gasteiger partial charge in [-0.15, -0.1) is 8.58 Å². The van der Waals surface area contributed by atoms with Gasteiger partial charge in [-0.1, -0.05) is 104 Å². The van der Waals surface area contributed by atoms with E-state index < -0.39 is 0 Å². The quantitative estimate of drug-likeness (QED) is 0.166. The van der Waals surface area contributed by atoms with Gasteiger partial charge in [-0.25, -0.2) is 0 Å². The van der Waals surface area contributed by atoms with Crippen molar-refractivity contribution in [1.29, 1.82) is 0 Å². The highest BCUT2D eigenvalue weighted by Gasteiger charge is 2.35. The van der Waals surface area contributed by atoms with Gasteiger partial charge in [0.2, 0.25) is 5.91 Å². The molecule has 2 nitrogen and oxygen atoms in total. The van der Waals surface area contributed by atoms with Crippen molar-refractivity contribution < 1.29 is 4.79 Å². The number of amides is 1. The number of carbonyl (C=O) groups excluding carboxylic acids is 1. The second-order valence-electron chi connectivity index (χ2n) is 9.07. The summed E-state index contributed by atoms with van der Waals surface area (Å²) in [5.41, 5.74) is 0. The monoisotopic (exact) mass is 397 g/mol. The van der Waals surface area contributed by atoms with Crippen molar-refractivity contribution in [3.8, 4) is 0 Å². The molecule has 160 valence electrons. The molecule has 0 aromatic heterocycles. The third kappa shape index (κ3) is 16.5. The summed E-state index contributed by atoms with van der Waals surface area (Å²) in [5, 5.41) is 3.75. The molecule has 3 heteroatoms. The molecule has 1 aliphatic rings. The fourth-order valence-corrected chi connectivity index (χ4v) is 4.61. The van der Waals surface area contributed by atoms with Crippen LogP contribution in [0.5, 0.6) is 0 Å². The number of hydrogen-bond donors (Lipinski definition) is 1. The zero-order valence-electron chi connectivity index (χ0n) is 18.6. The second-order valence-corrected chi connectivity index (χ2v) is 11.0. The molecule has 1 saturated heterocycles. The van der Waals surface area contributed by atoms with E-state index in [4.69, 9.17) is 0 Å². The van der Waals surface area contributed by atoms with Gasteiger partial charge in [0.05, 0.1) is 0 Å². The smallest absolute Gasteiger partial charge is 0.219 e. The Morgan fingerprint density at radius 3 is 1.67 bits per heavy atom. The molecular weight excluding hydrogens is 349 g/mol. The minimum absolute atomic E-state index is 0.271. The summed E-state index contributed by atoms with van der Waals surface area (Å²) in [5.74, 6) is 0.271. The van der Waals surface area contributed by atoms with Gasteiger partial charge in [0.15, 0.2) is 0 Å². The van der Waals surface area contributed by atoms with Crippen LogP contribution < -0.4 is 5.32 Å². The van der Waals surface area contributed by atoms with Crippen LogP contribution in [0, 0.1) is 0 Å². The van der Waals surface area contributed by atoms with Gasteiger partial charge in [0.25, 0.3) is 0 Å². The van der Waals surface area contributed by atoms with E-state index in [1.54, 1.807) is 0 Å². The maximum absolute atomic E-state index is 11.8. The number of rotatable bonds is 20. The molecule has 2 unspecified atom stereocenters. The fourth-order valence-electron chi connectivity index (χ4n) is 3.78. The molecule has 0 saturated carbocycles. The lowest BCUT2D eigenvalue weighted by Gasteiger charge is -2.08. The molecule has 1 rings (SSSR count). The second kappa shape index (κ2) is 16.8. The van der Waals surface area contributed by atoms with Crippen LogP contribution in [-0.2, 0) is 4.79 Å². The topological polar surface area (TPSA) is 29.1 Å². The average Bonchev–Trinajstić information content (AvgIpc) is 3.39. The summed E-state index contributed by atoms with van der Waals surface area (Å²) in [7, 11) is 1.17. The van der Waals surface area contributed by atoms with Crippen LogP contribution >= 0.6 is 8.58 Å².